The molecule has 0 aliphatic rings. The highest BCUT2D eigenvalue weighted by atomic mass is 16.5. The number of benzene rings is 2. The molecule has 0 radical (unpaired) electrons. The van der Waals surface area contributed by atoms with Gasteiger partial charge in [0.1, 0.15) is 17.2 Å². The Labute approximate surface area is 129 Å². The molecule has 0 spiro atoms. The largest absolute Gasteiger partial charge is 0.497 e. The van der Waals surface area contributed by atoms with E-state index in [0.717, 1.165) is 11.1 Å². The Balaban J connectivity index is 2.56. The standard InChI is InChI=1S/C17H18O5/c1-20-12-5-6-13(16(10-12)22-3)14-8-11(9-17(18)19)4-7-15(14)21-2/h4-8,10H,9H2,1-3H3,(H,18,19). The second-order valence-electron chi connectivity index (χ2n) is 4.67. The smallest absolute Gasteiger partial charge is 0.307 e. The lowest BCUT2D eigenvalue weighted by Gasteiger charge is -2.14. The van der Waals surface area contributed by atoms with Gasteiger partial charge in [0.25, 0.3) is 0 Å². The molecular weight excluding hydrogens is 284 g/mol. The summed E-state index contributed by atoms with van der Waals surface area (Å²) in [4.78, 5) is 10.9. The van der Waals surface area contributed by atoms with Gasteiger partial charge in [-0.05, 0) is 29.8 Å². The molecular formula is C17H18O5. The van der Waals surface area contributed by atoms with Crippen molar-refractivity contribution in [2.24, 2.45) is 0 Å². The van der Waals surface area contributed by atoms with Gasteiger partial charge in [0, 0.05) is 17.2 Å². The van der Waals surface area contributed by atoms with Crippen molar-refractivity contribution < 1.29 is 24.1 Å². The van der Waals surface area contributed by atoms with Crippen LogP contribution in [0.1, 0.15) is 5.56 Å². The van der Waals surface area contributed by atoms with Crippen LogP contribution in [-0.2, 0) is 11.2 Å². The molecule has 0 bridgehead atoms. The molecule has 0 saturated carbocycles. The van der Waals surface area contributed by atoms with Crippen LogP contribution in [0.25, 0.3) is 11.1 Å². The van der Waals surface area contributed by atoms with Crippen molar-refractivity contribution in [2.45, 2.75) is 6.42 Å². The molecule has 0 fully saturated rings. The number of carboxylic acid groups (broad SMARTS) is 1. The molecule has 0 amide bonds. The van der Waals surface area contributed by atoms with E-state index in [1.807, 2.05) is 12.1 Å². The van der Waals surface area contributed by atoms with E-state index in [9.17, 15) is 4.79 Å². The lowest BCUT2D eigenvalue weighted by atomic mass is 9.99. The normalized spacial score (nSPS) is 10.1. The third kappa shape index (κ3) is 3.31. The van der Waals surface area contributed by atoms with Crippen molar-refractivity contribution in [3.05, 3.63) is 42.0 Å². The molecule has 0 aromatic heterocycles. The summed E-state index contributed by atoms with van der Waals surface area (Å²) in [5.74, 6) is 1.09. The van der Waals surface area contributed by atoms with Crippen LogP contribution in [0, 0.1) is 0 Å². The molecule has 2 rings (SSSR count). The predicted octanol–water partition coefficient (Wildman–Crippen LogP) is 3.01. The topological polar surface area (TPSA) is 65.0 Å². The van der Waals surface area contributed by atoms with Gasteiger partial charge in [0.2, 0.25) is 0 Å². The van der Waals surface area contributed by atoms with E-state index in [2.05, 4.69) is 0 Å². The van der Waals surface area contributed by atoms with Crippen molar-refractivity contribution in [2.75, 3.05) is 21.3 Å². The molecule has 0 unspecified atom stereocenters. The van der Waals surface area contributed by atoms with Gasteiger partial charge in [-0.15, -0.1) is 0 Å². The number of methoxy groups -OCH3 is 3. The van der Waals surface area contributed by atoms with Crippen molar-refractivity contribution in [1.29, 1.82) is 0 Å². The van der Waals surface area contributed by atoms with Crippen molar-refractivity contribution in [1.82, 2.24) is 0 Å². The van der Waals surface area contributed by atoms with Crippen molar-refractivity contribution >= 4 is 5.97 Å². The van der Waals surface area contributed by atoms with E-state index in [1.54, 1.807) is 45.6 Å². The van der Waals surface area contributed by atoms with Crippen LogP contribution in [0.3, 0.4) is 0 Å². The fourth-order valence-corrected chi connectivity index (χ4v) is 2.27. The summed E-state index contributed by atoms with van der Waals surface area (Å²) in [6.45, 7) is 0. The van der Waals surface area contributed by atoms with Crippen LogP contribution >= 0.6 is 0 Å². The van der Waals surface area contributed by atoms with Gasteiger partial charge in [-0.1, -0.05) is 6.07 Å². The van der Waals surface area contributed by atoms with Crippen LogP contribution in [0.5, 0.6) is 17.2 Å². The van der Waals surface area contributed by atoms with Crippen LogP contribution in [0.4, 0.5) is 0 Å². The lowest BCUT2D eigenvalue weighted by molar-refractivity contribution is -0.136. The summed E-state index contributed by atoms with van der Waals surface area (Å²) < 4.78 is 16.0. The van der Waals surface area contributed by atoms with E-state index in [1.165, 1.54) is 0 Å². The molecule has 0 atom stereocenters. The Kier molecular flexibility index (Phi) is 4.88. The number of aliphatic carboxylic acids is 1. The maximum Gasteiger partial charge on any atom is 0.307 e. The Hall–Kier alpha value is -2.69. The number of hydrogen-bond donors (Lipinski definition) is 1. The summed E-state index contributed by atoms with van der Waals surface area (Å²) in [5, 5.41) is 8.95. The number of ether oxygens (including phenoxy) is 3. The molecule has 0 saturated heterocycles. The van der Waals surface area contributed by atoms with Crippen LogP contribution in [-0.4, -0.2) is 32.4 Å². The van der Waals surface area contributed by atoms with E-state index in [4.69, 9.17) is 19.3 Å². The quantitative estimate of drug-likeness (QED) is 0.888. The molecule has 0 aliphatic heterocycles. The first-order chi connectivity index (χ1) is 10.6. The summed E-state index contributed by atoms with van der Waals surface area (Å²) in [6, 6.07) is 10.8. The maximum absolute atomic E-state index is 10.9. The van der Waals surface area contributed by atoms with Gasteiger partial charge in [-0.25, -0.2) is 0 Å². The van der Waals surface area contributed by atoms with Gasteiger partial charge in [0.15, 0.2) is 0 Å². The first kappa shape index (κ1) is 15.7. The first-order valence-electron chi connectivity index (χ1n) is 6.70. The number of carboxylic acids is 1. The molecule has 5 nitrogen and oxygen atoms in total. The lowest BCUT2D eigenvalue weighted by Crippen LogP contribution is -2.01. The Morgan fingerprint density at radius 1 is 0.909 bits per heavy atom. The molecule has 22 heavy (non-hydrogen) atoms. The second-order valence-corrected chi connectivity index (χ2v) is 4.67. The fourth-order valence-electron chi connectivity index (χ4n) is 2.27. The van der Waals surface area contributed by atoms with E-state index < -0.39 is 5.97 Å². The SMILES string of the molecule is COc1ccc(-c2cc(CC(=O)O)ccc2OC)c(OC)c1. The van der Waals surface area contributed by atoms with Gasteiger partial charge >= 0.3 is 5.97 Å². The van der Waals surface area contributed by atoms with Crippen LogP contribution in [0.15, 0.2) is 36.4 Å². The first-order valence-corrected chi connectivity index (χ1v) is 6.70. The third-order valence-electron chi connectivity index (χ3n) is 3.32. The van der Waals surface area contributed by atoms with Gasteiger partial charge < -0.3 is 19.3 Å². The predicted molar refractivity (Wildman–Crippen MR) is 82.9 cm³/mol. The van der Waals surface area contributed by atoms with E-state index in [-0.39, 0.29) is 6.42 Å². The number of hydrogen-bond acceptors (Lipinski definition) is 4. The second kappa shape index (κ2) is 6.85. The van der Waals surface area contributed by atoms with Gasteiger partial charge in [0.05, 0.1) is 27.8 Å². The zero-order valence-corrected chi connectivity index (χ0v) is 12.8. The highest BCUT2D eigenvalue weighted by Gasteiger charge is 2.14. The molecule has 2 aromatic carbocycles. The Morgan fingerprint density at radius 2 is 1.64 bits per heavy atom. The maximum atomic E-state index is 10.9. The molecule has 0 aliphatic carbocycles. The molecule has 1 N–H and O–H groups in total. The Morgan fingerprint density at radius 3 is 2.23 bits per heavy atom. The molecule has 0 heterocycles. The summed E-state index contributed by atoms with van der Waals surface area (Å²) in [5.41, 5.74) is 2.29. The average Bonchev–Trinajstić information content (AvgIpc) is 2.53. The van der Waals surface area contributed by atoms with Crippen molar-refractivity contribution in [3.63, 3.8) is 0 Å². The summed E-state index contributed by atoms with van der Waals surface area (Å²) in [7, 11) is 4.74. The fraction of sp³-hybridized carbons (Fsp3) is 0.235. The van der Waals surface area contributed by atoms with Crippen LogP contribution < -0.4 is 14.2 Å². The highest BCUT2D eigenvalue weighted by Crippen LogP contribution is 2.38. The van der Waals surface area contributed by atoms with Gasteiger partial charge in [-0.2, -0.15) is 0 Å². The minimum atomic E-state index is -0.877. The summed E-state index contributed by atoms with van der Waals surface area (Å²) in [6.07, 6.45) is -0.0462. The molecule has 116 valence electrons. The van der Waals surface area contributed by atoms with Crippen LogP contribution in [0.2, 0.25) is 0 Å². The zero-order valence-electron chi connectivity index (χ0n) is 12.8. The third-order valence-corrected chi connectivity index (χ3v) is 3.32. The summed E-state index contributed by atoms with van der Waals surface area (Å²) >= 11 is 0. The minimum Gasteiger partial charge on any atom is -0.497 e. The average molecular weight is 302 g/mol. The Bertz CT molecular complexity index is 679. The highest BCUT2D eigenvalue weighted by molar-refractivity contribution is 5.79. The van der Waals surface area contributed by atoms with Gasteiger partial charge in [-0.3, -0.25) is 4.79 Å². The number of carbonyl (C=O) groups is 1. The molecule has 2 aromatic rings. The van der Waals surface area contributed by atoms with E-state index >= 15 is 0 Å². The minimum absolute atomic E-state index is 0.0462. The monoisotopic (exact) mass is 302 g/mol. The van der Waals surface area contributed by atoms with Crippen molar-refractivity contribution in [3.8, 4) is 28.4 Å². The van der Waals surface area contributed by atoms with E-state index in [0.29, 0.717) is 22.8 Å². The number of rotatable bonds is 6. The zero-order chi connectivity index (χ0) is 16.1. The molecule has 5 heteroatoms.